The highest BCUT2D eigenvalue weighted by atomic mass is 16.2. The van der Waals surface area contributed by atoms with Crippen molar-refractivity contribution in [3.8, 4) is 5.69 Å². The first-order chi connectivity index (χ1) is 13.3. The third-order valence-electron chi connectivity index (χ3n) is 4.89. The highest BCUT2D eigenvalue weighted by Gasteiger charge is 2.33. The van der Waals surface area contributed by atoms with Crippen LogP contribution in [0.25, 0.3) is 11.3 Å². The molecule has 0 radical (unpaired) electrons. The second-order valence-electron chi connectivity index (χ2n) is 6.90. The Hall–Kier alpha value is -3.41. The normalized spacial score (nSPS) is 13.8. The van der Waals surface area contributed by atoms with E-state index in [4.69, 9.17) is 0 Å². The fourth-order valence-electron chi connectivity index (χ4n) is 3.33. The fourth-order valence-corrected chi connectivity index (χ4v) is 3.33. The number of benzene rings is 1. The van der Waals surface area contributed by atoms with Gasteiger partial charge in [-0.25, -0.2) is 9.67 Å². The van der Waals surface area contributed by atoms with Gasteiger partial charge in [0.1, 0.15) is 5.65 Å². The topological polar surface area (TPSA) is 55.4 Å². The van der Waals surface area contributed by atoms with Gasteiger partial charge in [-0.15, -0.1) is 0 Å². The average molecular weight is 357 g/mol. The molecule has 4 aromatic rings. The Morgan fingerprint density at radius 2 is 1.96 bits per heavy atom. The van der Waals surface area contributed by atoms with Crippen molar-refractivity contribution in [1.29, 1.82) is 0 Å². The summed E-state index contributed by atoms with van der Waals surface area (Å²) in [5.41, 5.74) is 3.57. The number of carbonyl (C=O) groups excluding carboxylic acids is 1. The van der Waals surface area contributed by atoms with E-state index in [-0.39, 0.29) is 5.91 Å². The van der Waals surface area contributed by atoms with Crippen LogP contribution in [0, 0.1) is 0 Å². The van der Waals surface area contributed by atoms with Crippen LogP contribution < -0.4 is 0 Å². The standard InChI is InChI=1S/C21H19N5O/c27-21(17-6-9-20-22-10-11-24(20)15-17)25(18-7-8-18)13-16-12-23-26(14-16)19-4-2-1-3-5-19/h1-6,9-12,14-15,18H,7-8,13H2. The minimum absolute atomic E-state index is 0.0561. The zero-order valence-electron chi connectivity index (χ0n) is 14.8. The lowest BCUT2D eigenvalue weighted by Crippen LogP contribution is -2.32. The monoisotopic (exact) mass is 357 g/mol. The van der Waals surface area contributed by atoms with Gasteiger partial charge >= 0.3 is 0 Å². The van der Waals surface area contributed by atoms with Crippen molar-refractivity contribution in [2.24, 2.45) is 0 Å². The molecule has 0 saturated heterocycles. The average Bonchev–Trinajstić information content (AvgIpc) is 3.26. The van der Waals surface area contributed by atoms with E-state index in [0.29, 0.717) is 18.2 Å². The highest BCUT2D eigenvalue weighted by Crippen LogP contribution is 2.30. The Kier molecular flexibility index (Phi) is 3.74. The van der Waals surface area contributed by atoms with E-state index < -0.39 is 0 Å². The van der Waals surface area contributed by atoms with Crippen molar-refractivity contribution in [3.05, 3.63) is 84.6 Å². The van der Waals surface area contributed by atoms with Crippen LogP contribution >= 0.6 is 0 Å². The van der Waals surface area contributed by atoms with Gasteiger partial charge in [-0.05, 0) is 37.1 Å². The molecule has 3 heterocycles. The van der Waals surface area contributed by atoms with Crippen molar-refractivity contribution in [2.45, 2.75) is 25.4 Å². The Morgan fingerprint density at radius 3 is 2.78 bits per heavy atom. The van der Waals surface area contributed by atoms with Gasteiger partial charge in [0.15, 0.2) is 0 Å². The number of amides is 1. The number of nitrogens with zero attached hydrogens (tertiary/aromatic N) is 5. The fraction of sp³-hybridized carbons (Fsp3) is 0.190. The van der Waals surface area contributed by atoms with Gasteiger partial charge in [-0.3, -0.25) is 4.79 Å². The maximum atomic E-state index is 13.1. The van der Waals surface area contributed by atoms with Crippen LogP contribution in [0.3, 0.4) is 0 Å². The van der Waals surface area contributed by atoms with Crippen LogP contribution in [0.4, 0.5) is 0 Å². The molecule has 1 fully saturated rings. The minimum Gasteiger partial charge on any atom is -0.331 e. The number of imidazole rings is 1. The van der Waals surface area contributed by atoms with E-state index in [1.807, 2.05) is 81.2 Å². The molecule has 6 nitrogen and oxygen atoms in total. The molecule has 0 atom stereocenters. The van der Waals surface area contributed by atoms with Crippen molar-refractivity contribution >= 4 is 11.6 Å². The number of rotatable bonds is 5. The van der Waals surface area contributed by atoms with Gasteiger partial charge < -0.3 is 9.30 Å². The molecule has 0 spiro atoms. The lowest BCUT2D eigenvalue weighted by molar-refractivity contribution is 0.0729. The lowest BCUT2D eigenvalue weighted by atomic mass is 10.2. The van der Waals surface area contributed by atoms with Crippen LogP contribution in [0.1, 0.15) is 28.8 Å². The summed E-state index contributed by atoms with van der Waals surface area (Å²) in [6.45, 7) is 0.568. The molecule has 0 aliphatic heterocycles. The SMILES string of the molecule is O=C(c1ccc2nccn2c1)N(Cc1cnn(-c2ccccc2)c1)C1CC1. The molecule has 0 N–H and O–H groups in total. The molecule has 27 heavy (non-hydrogen) atoms. The molecule has 0 unspecified atom stereocenters. The van der Waals surface area contributed by atoms with Gasteiger partial charge in [0.05, 0.1) is 17.4 Å². The number of fused-ring (bicyclic) bond motifs is 1. The number of carbonyl (C=O) groups is 1. The largest absolute Gasteiger partial charge is 0.331 e. The summed E-state index contributed by atoms with van der Waals surface area (Å²) in [4.78, 5) is 19.3. The summed E-state index contributed by atoms with van der Waals surface area (Å²) in [5.74, 6) is 0.0561. The zero-order valence-corrected chi connectivity index (χ0v) is 14.8. The number of pyridine rings is 1. The highest BCUT2D eigenvalue weighted by molar-refractivity contribution is 5.94. The van der Waals surface area contributed by atoms with Gasteiger partial charge in [0.2, 0.25) is 0 Å². The molecule has 6 heteroatoms. The maximum Gasteiger partial charge on any atom is 0.255 e. The van der Waals surface area contributed by atoms with E-state index >= 15 is 0 Å². The molecule has 5 rings (SSSR count). The number of para-hydroxylation sites is 1. The van der Waals surface area contributed by atoms with Crippen LogP contribution in [-0.2, 0) is 6.54 Å². The lowest BCUT2D eigenvalue weighted by Gasteiger charge is -2.22. The second-order valence-corrected chi connectivity index (χ2v) is 6.90. The summed E-state index contributed by atoms with van der Waals surface area (Å²) in [6, 6.07) is 14.0. The zero-order chi connectivity index (χ0) is 18.2. The predicted octanol–water partition coefficient (Wildman–Crippen LogP) is 3.32. The van der Waals surface area contributed by atoms with Crippen LogP contribution in [0.2, 0.25) is 0 Å². The third kappa shape index (κ3) is 3.10. The maximum absolute atomic E-state index is 13.1. The molecule has 1 amide bonds. The van der Waals surface area contributed by atoms with Crippen molar-refractivity contribution < 1.29 is 4.79 Å². The van der Waals surface area contributed by atoms with E-state index in [1.54, 1.807) is 6.20 Å². The number of aromatic nitrogens is 4. The van der Waals surface area contributed by atoms with Gasteiger partial charge in [-0.1, -0.05) is 18.2 Å². The Morgan fingerprint density at radius 1 is 1.11 bits per heavy atom. The molecule has 134 valence electrons. The summed E-state index contributed by atoms with van der Waals surface area (Å²) in [5, 5.41) is 4.45. The first-order valence-electron chi connectivity index (χ1n) is 9.10. The molecule has 1 aliphatic carbocycles. The smallest absolute Gasteiger partial charge is 0.255 e. The van der Waals surface area contributed by atoms with Crippen LogP contribution in [0.5, 0.6) is 0 Å². The number of hydrogen-bond acceptors (Lipinski definition) is 3. The summed E-state index contributed by atoms with van der Waals surface area (Å²) < 4.78 is 3.73. The minimum atomic E-state index is 0.0561. The van der Waals surface area contributed by atoms with E-state index in [9.17, 15) is 4.79 Å². The molecule has 1 aliphatic rings. The van der Waals surface area contributed by atoms with Crippen molar-refractivity contribution in [2.75, 3.05) is 0 Å². The Labute approximate surface area is 156 Å². The van der Waals surface area contributed by atoms with Crippen molar-refractivity contribution in [1.82, 2.24) is 24.1 Å². The summed E-state index contributed by atoms with van der Waals surface area (Å²) >= 11 is 0. The molecule has 3 aromatic heterocycles. The predicted molar refractivity (Wildman–Crippen MR) is 102 cm³/mol. The number of hydrogen-bond donors (Lipinski definition) is 0. The first-order valence-corrected chi connectivity index (χ1v) is 9.10. The van der Waals surface area contributed by atoms with E-state index in [0.717, 1.165) is 29.7 Å². The Bertz CT molecular complexity index is 1090. The summed E-state index contributed by atoms with van der Waals surface area (Å²) in [6.07, 6.45) is 11.4. The van der Waals surface area contributed by atoms with Crippen molar-refractivity contribution in [3.63, 3.8) is 0 Å². The quantitative estimate of drug-likeness (QED) is 0.550. The van der Waals surface area contributed by atoms with Gasteiger partial charge in [0.25, 0.3) is 5.91 Å². The Balaban J connectivity index is 1.40. The van der Waals surface area contributed by atoms with E-state index in [2.05, 4.69) is 10.1 Å². The summed E-state index contributed by atoms with van der Waals surface area (Å²) in [7, 11) is 0. The molecular weight excluding hydrogens is 338 g/mol. The molecule has 0 bridgehead atoms. The van der Waals surface area contributed by atoms with Gasteiger partial charge in [0, 0.05) is 42.9 Å². The third-order valence-corrected chi connectivity index (χ3v) is 4.89. The van der Waals surface area contributed by atoms with E-state index in [1.165, 1.54) is 0 Å². The first kappa shape index (κ1) is 15.8. The molecule has 1 saturated carbocycles. The molecular formula is C21H19N5O. The van der Waals surface area contributed by atoms with Crippen LogP contribution in [0.15, 0.2) is 73.4 Å². The second kappa shape index (κ2) is 6.39. The van der Waals surface area contributed by atoms with Crippen LogP contribution in [-0.4, -0.2) is 36.0 Å². The molecule has 1 aromatic carbocycles. The van der Waals surface area contributed by atoms with Gasteiger partial charge in [-0.2, -0.15) is 5.10 Å².